The van der Waals surface area contributed by atoms with Crippen LogP contribution in [0.1, 0.15) is 25.3 Å². The van der Waals surface area contributed by atoms with Crippen molar-refractivity contribution in [3.05, 3.63) is 51.7 Å². The van der Waals surface area contributed by atoms with E-state index in [4.69, 9.17) is 16.3 Å². The van der Waals surface area contributed by atoms with Crippen molar-refractivity contribution in [2.75, 3.05) is 0 Å². The second-order valence-corrected chi connectivity index (χ2v) is 5.57. The van der Waals surface area contributed by atoms with Crippen molar-refractivity contribution in [2.45, 2.75) is 19.8 Å². The molecule has 0 spiro atoms. The topological polar surface area (TPSA) is 22.1 Å². The number of rotatable bonds is 3. The average Bonchev–Trinajstić information content (AvgIpc) is 2.34. The van der Waals surface area contributed by atoms with Crippen LogP contribution in [0.15, 0.2) is 41.1 Å². The predicted molar refractivity (Wildman–Crippen MR) is 77.6 cm³/mol. The Morgan fingerprint density at radius 1 is 1.22 bits per heavy atom. The van der Waals surface area contributed by atoms with Crippen molar-refractivity contribution >= 4 is 27.5 Å². The van der Waals surface area contributed by atoms with Crippen LogP contribution in [0.2, 0.25) is 5.02 Å². The molecule has 0 saturated heterocycles. The van der Waals surface area contributed by atoms with Crippen molar-refractivity contribution in [3.8, 4) is 11.5 Å². The van der Waals surface area contributed by atoms with Gasteiger partial charge in [0.1, 0.15) is 16.5 Å². The van der Waals surface area contributed by atoms with E-state index in [-0.39, 0.29) is 0 Å². The standard InChI is InChI=1S/C14H13BrClNO/c1-9(2)11-7-10(15)3-4-13(11)18-14-5-6-17-8-12(14)16/h3-9H,1-2H3. The lowest BCUT2D eigenvalue weighted by molar-refractivity contribution is 0.472. The molecule has 0 bridgehead atoms. The normalized spacial score (nSPS) is 10.7. The monoisotopic (exact) mass is 325 g/mol. The summed E-state index contributed by atoms with van der Waals surface area (Å²) in [4.78, 5) is 3.94. The molecule has 0 unspecified atom stereocenters. The highest BCUT2D eigenvalue weighted by Gasteiger charge is 2.11. The third-order valence-electron chi connectivity index (χ3n) is 2.55. The molecule has 0 radical (unpaired) electrons. The van der Waals surface area contributed by atoms with Crippen molar-refractivity contribution in [1.29, 1.82) is 0 Å². The molecule has 0 fully saturated rings. The highest BCUT2D eigenvalue weighted by molar-refractivity contribution is 9.10. The molecule has 2 rings (SSSR count). The van der Waals surface area contributed by atoms with E-state index < -0.39 is 0 Å². The van der Waals surface area contributed by atoms with Crippen molar-refractivity contribution in [3.63, 3.8) is 0 Å². The van der Waals surface area contributed by atoms with E-state index in [0.717, 1.165) is 15.8 Å². The van der Waals surface area contributed by atoms with Gasteiger partial charge in [-0.3, -0.25) is 4.98 Å². The minimum atomic E-state index is 0.373. The molecule has 1 heterocycles. The largest absolute Gasteiger partial charge is 0.455 e. The predicted octanol–water partition coefficient (Wildman–Crippen LogP) is 5.41. The summed E-state index contributed by atoms with van der Waals surface area (Å²) in [7, 11) is 0. The summed E-state index contributed by atoms with van der Waals surface area (Å²) in [5, 5.41) is 0.509. The summed E-state index contributed by atoms with van der Waals surface area (Å²) < 4.78 is 6.90. The number of hydrogen-bond acceptors (Lipinski definition) is 2. The Morgan fingerprint density at radius 3 is 2.67 bits per heavy atom. The molecule has 0 aliphatic rings. The zero-order chi connectivity index (χ0) is 13.1. The Hall–Kier alpha value is -1.06. The zero-order valence-corrected chi connectivity index (χ0v) is 12.5. The molecule has 4 heteroatoms. The average molecular weight is 327 g/mol. The van der Waals surface area contributed by atoms with Gasteiger partial charge in [-0.2, -0.15) is 0 Å². The van der Waals surface area contributed by atoms with E-state index in [1.165, 1.54) is 0 Å². The maximum Gasteiger partial charge on any atom is 0.149 e. The molecule has 1 aromatic heterocycles. The maximum atomic E-state index is 6.04. The third kappa shape index (κ3) is 3.03. The van der Waals surface area contributed by atoms with Crippen LogP contribution in [-0.4, -0.2) is 4.98 Å². The van der Waals surface area contributed by atoms with Gasteiger partial charge in [0, 0.05) is 22.9 Å². The van der Waals surface area contributed by atoms with Crippen LogP contribution in [0.3, 0.4) is 0 Å². The van der Waals surface area contributed by atoms with Crippen molar-refractivity contribution in [2.24, 2.45) is 0 Å². The van der Waals surface area contributed by atoms with Gasteiger partial charge in [-0.1, -0.05) is 41.4 Å². The first kappa shape index (κ1) is 13.4. The molecular formula is C14H13BrClNO. The van der Waals surface area contributed by atoms with Gasteiger partial charge in [-0.25, -0.2) is 0 Å². The SMILES string of the molecule is CC(C)c1cc(Br)ccc1Oc1ccncc1Cl. The van der Waals surface area contributed by atoms with E-state index >= 15 is 0 Å². The third-order valence-corrected chi connectivity index (χ3v) is 3.33. The summed E-state index contributed by atoms with van der Waals surface area (Å²) >= 11 is 9.51. The van der Waals surface area contributed by atoms with Gasteiger partial charge in [0.2, 0.25) is 0 Å². The van der Waals surface area contributed by atoms with Crippen LogP contribution in [0.4, 0.5) is 0 Å². The van der Waals surface area contributed by atoms with E-state index in [2.05, 4.69) is 40.8 Å². The first-order valence-corrected chi connectivity index (χ1v) is 6.82. The van der Waals surface area contributed by atoms with Crippen LogP contribution in [-0.2, 0) is 0 Å². The smallest absolute Gasteiger partial charge is 0.149 e. The molecule has 0 aliphatic heterocycles. The Labute approximate surface area is 120 Å². The number of benzene rings is 1. The summed E-state index contributed by atoms with van der Waals surface area (Å²) in [6, 6.07) is 7.72. The van der Waals surface area contributed by atoms with Gasteiger partial charge < -0.3 is 4.74 Å². The van der Waals surface area contributed by atoms with Crippen LogP contribution in [0.5, 0.6) is 11.5 Å². The number of halogens is 2. The van der Waals surface area contributed by atoms with E-state index in [9.17, 15) is 0 Å². The van der Waals surface area contributed by atoms with Crippen LogP contribution >= 0.6 is 27.5 Å². The molecule has 0 saturated carbocycles. The first-order chi connectivity index (χ1) is 8.58. The van der Waals surface area contributed by atoms with Crippen LogP contribution in [0.25, 0.3) is 0 Å². The second-order valence-electron chi connectivity index (χ2n) is 4.25. The van der Waals surface area contributed by atoms with Crippen molar-refractivity contribution < 1.29 is 4.74 Å². The number of pyridine rings is 1. The lowest BCUT2D eigenvalue weighted by Gasteiger charge is -2.14. The van der Waals surface area contributed by atoms with Gasteiger partial charge >= 0.3 is 0 Å². The maximum absolute atomic E-state index is 6.04. The Morgan fingerprint density at radius 2 is 2.00 bits per heavy atom. The molecule has 94 valence electrons. The minimum Gasteiger partial charge on any atom is -0.455 e. The summed E-state index contributed by atoms with van der Waals surface area (Å²) in [5.74, 6) is 1.82. The zero-order valence-electron chi connectivity index (χ0n) is 10.2. The van der Waals surface area contributed by atoms with Crippen LogP contribution < -0.4 is 4.74 Å². The number of hydrogen-bond donors (Lipinski definition) is 0. The number of nitrogens with zero attached hydrogens (tertiary/aromatic N) is 1. The van der Waals surface area contributed by atoms with Gasteiger partial charge in [0.05, 0.1) is 0 Å². The highest BCUT2D eigenvalue weighted by atomic mass is 79.9. The molecule has 2 aromatic rings. The quantitative estimate of drug-likeness (QED) is 0.752. The second kappa shape index (κ2) is 5.72. The van der Waals surface area contributed by atoms with E-state index in [1.807, 2.05) is 12.1 Å². The first-order valence-electron chi connectivity index (χ1n) is 5.64. The number of ether oxygens (including phenoxy) is 1. The van der Waals surface area contributed by atoms with E-state index in [1.54, 1.807) is 18.5 Å². The molecule has 2 nitrogen and oxygen atoms in total. The Bertz CT molecular complexity index is 557. The Kier molecular flexibility index (Phi) is 4.25. The Balaban J connectivity index is 2.37. The fourth-order valence-electron chi connectivity index (χ4n) is 1.63. The fourth-order valence-corrected chi connectivity index (χ4v) is 2.16. The van der Waals surface area contributed by atoms with Crippen molar-refractivity contribution in [1.82, 2.24) is 4.98 Å². The molecule has 0 atom stereocenters. The lowest BCUT2D eigenvalue weighted by atomic mass is 10.0. The van der Waals surface area contributed by atoms with Crippen LogP contribution in [0, 0.1) is 0 Å². The van der Waals surface area contributed by atoms with E-state index in [0.29, 0.717) is 16.7 Å². The highest BCUT2D eigenvalue weighted by Crippen LogP contribution is 2.35. The molecule has 1 aromatic carbocycles. The fraction of sp³-hybridized carbons (Fsp3) is 0.214. The van der Waals surface area contributed by atoms with Gasteiger partial charge in [0.15, 0.2) is 0 Å². The molecule has 18 heavy (non-hydrogen) atoms. The number of aromatic nitrogens is 1. The van der Waals surface area contributed by atoms with Gasteiger partial charge in [-0.15, -0.1) is 0 Å². The molecule has 0 amide bonds. The summed E-state index contributed by atoms with van der Waals surface area (Å²) in [6.45, 7) is 4.26. The lowest BCUT2D eigenvalue weighted by Crippen LogP contribution is -1.94. The summed E-state index contributed by atoms with van der Waals surface area (Å²) in [5.41, 5.74) is 1.14. The minimum absolute atomic E-state index is 0.373. The molecular weight excluding hydrogens is 314 g/mol. The van der Waals surface area contributed by atoms with Gasteiger partial charge in [-0.05, 0) is 29.7 Å². The summed E-state index contributed by atoms with van der Waals surface area (Å²) in [6.07, 6.45) is 3.24. The molecule has 0 N–H and O–H groups in total. The molecule has 0 aliphatic carbocycles. The van der Waals surface area contributed by atoms with Gasteiger partial charge in [0.25, 0.3) is 0 Å².